The number of rotatable bonds is 1. The van der Waals surface area contributed by atoms with Gasteiger partial charge in [-0.05, 0) is 32.9 Å². The summed E-state index contributed by atoms with van der Waals surface area (Å²) in [6, 6.07) is 1.87. The van der Waals surface area contributed by atoms with E-state index in [1.54, 1.807) is 12.4 Å². The van der Waals surface area contributed by atoms with Crippen LogP contribution in [0.25, 0.3) is 6.08 Å². The van der Waals surface area contributed by atoms with Crippen LogP contribution in [0, 0.1) is 0 Å². The molecule has 0 aromatic carbocycles. The number of nitrogens with zero attached hydrogens (tertiary/aromatic N) is 1. The van der Waals surface area contributed by atoms with Crippen LogP contribution in [0.5, 0.6) is 0 Å². The zero-order chi connectivity index (χ0) is 12.5. The topological polar surface area (TPSA) is 51.2 Å². The highest BCUT2D eigenvalue weighted by Gasteiger charge is 2.22. The van der Waals surface area contributed by atoms with Crippen LogP contribution in [0.1, 0.15) is 26.3 Å². The Kier molecular flexibility index (Phi) is 2.88. The zero-order valence-corrected chi connectivity index (χ0v) is 10.3. The average molecular weight is 232 g/mol. The third kappa shape index (κ3) is 2.84. The quantitative estimate of drug-likeness (QED) is 0.754. The number of hydrogen-bond acceptors (Lipinski definition) is 4. The molecule has 4 heteroatoms. The first-order valence-electron chi connectivity index (χ1n) is 5.57. The van der Waals surface area contributed by atoms with Crippen LogP contribution in [0.4, 0.5) is 5.69 Å². The largest absolute Gasteiger partial charge is 0.457 e. The average Bonchev–Trinajstić information content (AvgIpc) is 2.26. The number of anilines is 1. The molecule has 2 rings (SSSR count). The molecule has 17 heavy (non-hydrogen) atoms. The highest BCUT2D eigenvalue weighted by atomic mass is 16.6. The van der Waals surface area contributed by atoms with Crippen LogP contribution in [-0.2, 0) is 9.53 Å². The van der Waals surface area contributed by atoms with E-state index in [4.69, 9.17) is 4.74 Å². The van der Waals surface area contributed by atoms with E-state index in [1.807, 2.05) is 32.9 Å². The van der Waals surface area contributed by atoms with Crippen molar-refractivity contribution in [3.05, 3.63) is 29.6 Å². The van der Waals surface area contributed by atoms with E-state index in [0.29, 0.717) is 12.1 Å². The highest BCUT2D eigenvalue weighted by Crippen LogP contribution is 2.23. The zero-order valence-electron chi connectivity index (χ0n) is 10.3. The molecule has 1 aromatic rings. The molecule has 0 amide bonds. The first-order valence-corrected chi connectivity index (χ1v) is 5.57. The van der Waals surface area contributed by atoms with Gasteiger partial charge in [0.1, 0.15) is 5.60 Å². The fourth-order valence-corrected chi connectivity index (χ4v) is 1.58. The molecule has 90 valence electrons. The predicted octanol–water partition coefficient (Wildman–Crippen LogP) is 2.23. The van der Waals surface area contributed by atoms with Gasteiger partial charge in [-0.2, -0.15) is 0 Å². The van der Waals surface area contributed by atoms with Crippen molar-refractivity contribution in [3.63, 3.8) is 0 Å². The summed E-state index contributed by atoms with van der Waals surface area (Å²) in [4.78, 5) is 15.9. The smallest absolute Gasteiger partial charge is 0.336 e. The molecule has 0 fully saturated rings. The molecule has 1 aliphatic rings. The minimum Gasteiger partial charge on any atom is -0.457 e. The molecular weight excluding hydrogens is 216 g/mol. The summed E-state index contributed by atoms with van der Waals surface area (Å²) in [6.45, 7) is 6.06. The van der Waals surface area contributed by atoms with Crippen molar-refractivity contribution in [2.24, 2.45) is 0 Å². The lowest BCUT2D eigenvalue weighted by Crippen LogP contribution is -2.27. The van der Waals surface area contributed by atoms with Crippen molar-refractivity contribution >= 4 is 17.7 Å². The maximum atomic E-state index is 11.9. The molecule has 0 aliphatic carbocycles. The third-order valence-corrected chi connectivity index (χ3v) is 2.31. The van der Waals surface area contributed by atoms with Crippen LogP contribution < -0.4 is 5.32 Å². The van der Waals surface area contributed by atoms with Gasteiger partial charge in [0, 0.05) is 18.3 Å². The van der Waals surface area contributed by atoms with Crippen molar-refractivity contribution in [2.45, 2.75) is 26.4 Å². The van der Waals surface area contributed by atoms with Crippen molar-refractivity contribution in [2.75, 3.05) is 11.9 Å². The number of fused-ring (bicyclic) bond motifs is 1. The second kappa shape index (κ2) is 4.20. The van der Waals surface area contributed by atoms with Gasteiger partial charge in [-0.1, -0.05) is 0 Å². The summed E-state index contributed by atoms with van der Waals surface area (Å²) in [5.74, 6) is -0.271. The fourth-order valence-electron chi connectivity index (χ4n) is 1.58. The summed E-state index contributed by atoms with van der Waals surface area (Å²) < 4.78 is 5.33. The molecule has 2 heterocycles. The number of pyridine rings is 1. The maximum Gasteiger partial charge on any atom is 0.336 e. The van der Waals surface area contributed by atoms with Crippen LogP contribution in [0.15, 0.2) is 24.0 Å². The van der Waals surface area contributed by atoms with Gasteiger partial charge in [-0.15, -0.1) is 0 Å². The maximum absolute atomic E-state index is 11.9. The lowest BCUT2D eigenvalue weighted by Gasteiger charge is -2.23. The molecule has 1 aromatic heterocycles. The lowest BCUT2D eigenvalue weighted by atomic mass is 10.1. The lowest BCUT2D eigenvalue weighted by molar-refractivity contribution is -0.149. The van der Waals surface area contributed by atoms with E-state index in [-0.39, 0.29) is 5.97 Å². The first kappa shape index (κ1) is 11.6. The summed E-state index contributed by atoms with van der Waals surface area (Å²) in [5, 5.41) is 3.15. The van der Waals surface area contributed by atoms with Gasteiger partial charge in [-0.25, -0.2) is 4.79 Å². The third-order valence-electron chi connectivity index (χ3n) is 2.31. The van der Waals surface area contributed by atoms with Gasteiger partial charge in [0.15, 0.2) is 0 Å². The van der Waals surface area contributed by atoms with Gasteiger partial charge >= 0.3 is 5.97 Å². The van der Waals surface area contributed by atoms with E-state index in [0.717, 1.165) is 11.3 Å². The molecule has 0 atom stereocenters. The second-order valence-corrected chi connectivity index (χ2v) is 4.99. The molecular formula is C13H16N2O2. The number of hydrogen-bond donors (Lipinski definition) is 1. The summed E-state index contributed by atoms with van der Waals surface area (Å²) in [5.41, 5.74) is 2.08. The standard InChI is InChI=1S/C13H16N2O2/c1-13(2,3)17-12(16)10-6-9-4-5-14-8-11(9)15-7-10/h4-6,8,15H,7H2,1-3H3. The van der Waals surface area contributed by atoms with E-state index in [1.165, 1.54) is 0 Å². The van der Waals surface area contributed by atoms with E-state index in [9.17, 15) is 4.79 Å². The number of ether oxygens (including phenoxy) is 1. The highest BCUT2D eigenvalue weighted by molar-refractivity contribution is 5.97. The number of carbonyl (C=O) groups excluding carboxylic acids is 1. The van der Waals surface area contributed by atoms with Crippen molar-refractivity contribution in [1.29, 1.82) is 0 Å². The predicted molar refractivity (Wildman–Crippen MR) is 66.5 cm³/mol. The monoisotopic (exact) mass is 232 g/mol. The molecule has 0 spiro atoms. The van der Waals surface area contributed by atoms with E-state index < -0.39 is 5.60 Å². The first-order chi connectivity index (χ1) is 7.96. The molecule has 0 saturated carbocycles. The second-order valence-electron chi connectivity index (χ2n) is 4.99. The Morgan fingerprint density at radius 1 is 1.47 bits per heavy atom. The molecule has 1 N–H and O–H groups in total. The van der Waals surface area contributed by atoms with Crippen LogP contribution in [0.3, 0.4) is 0 Å². The Labute approximate surface area is 101 Å². The van der Waals surface area contributed by atoms with Crippen LogP contribution >= 0.6 is 0 Å². The normalized spacial score (nSPS) is 14.4. The molecule has 4 nitrogen and oxygen atoms in total. The Hall–Kier alpha value is -1.84. The Balaban J connectivity index is 2.20. The molecule has 0 unspecified atom stereocenters. The summed E-state index contributed by atoms with van der Waals surface area (Å²) in [7, 11) is 0. The van der Waals surface area contributed by atoms with Crippen molar-refractivity contribution < 1.29 is 9.53 Å². The Bertz CT molecular complexity index is 473. The SMILES string of the molecule is CC(C)(C)OC(=O)C1=Cc2ccncc2NC1. The molecule has 0 radical (unpaired) electrons. The molecule has 0 saturated heterocycles. The van der Waals surface area contributed by atoms with Gasteiger partial charge in [-0.3, -0.25) is 4.98 Å². The van der Waals surface area contributed by atoms with Crippen molar-refractivity contribution in [1.82, 2.24) is 4.98 Å². The van der Waals surface area contributed by atoms with Crippen LogP contribution in [-0.4, -0.2) is 23.1 Å². The van der Waals surface area contributed by atoms with Gasteiger partial charge < -0.3 is 10.1 Å². The molecule has 0 bridgehead atoms. The minimum absolute atomic E-state index is 0.271. The van der Waals surface area contributed by atoms with Crippen molar-refractivity contribution in [3.8, 4) is 0 Å². The number of carbonyl (C=O) groups is 1. The van der Waals surface area contributed by atoms with Gasteiger partial charge in [0.05, 0.1) is 17.5 Å². The van der Waals surface area contributed by atoms with Gasteiger partial charge in [0.25, 0.3) is 0 Å². The summed E-state index contributed by atoms with van der Waals surface area (Å²) >= 11 is 0. The Morgan fingerprint density at radius 2 is 2.24 bits per heavy atom. The summed E-state index contributed by atoms with van der Waals surface area (Å²) in [6.07, 6.45) is 5.30. The van der Waals surface area contributed by atoms with Crippen LogP contribution in [0.2, 0.25) is 0 Å². The molecule has 1 aliphatic heterocycles. The number of esters is 1. The Morgan fingerprint density at radius 3 is 2.94 bits per heavy atom. The minimum atomic E-state index is -0.462. The van der Waals surface area contributed by atoms with E-state index >= 15 is 0 Å². The van der Waals surface area contributed by atoms with Gasteiger partial charge in [0.2, 0.25) is 0 Å². The number of nitrogens with one attached hydrogen (secondary N) is 1. The number of aromatic nitrogens is 1. The van der Waals surface area contributed by atoms with E-state index in [2.05, 4.69) is 10.3 Å². The fraction of sp³-hybridized carbons (Fsp3) is 0.385.